The van der Waals surface area contributed by atoms with Gasteiger partial charge < -0.3 is 10.2 Å². The monoisotopic (exact) mass is 220 g/mol. The number of hydrogen-bond acceptors (Lipinski definition) is 1. The first kappa shape index (κ1) is 12.6. The molecule has 3 heteroatoms. The van der Waals surface area contributed by atoms with E-state index in [2.05, 4.69) is 19.2 Å². The van der Waals surface area contributed by atoms with Crippen LogP contribution in [0.25, 0.3) is 0 Å². The predicted octanol–water partition coefficient (Wildman–Crippen LogP) is 2.48. The minimum Gasteiger partial charge on any atom is -0.338 e. The van der Waals surface area contributed by atoms with E-state index in [4.69, 9.17) is 0 Å². The molecule has 0 aromatic heterocycles. The summed E-state index contributed by atoms with van der Waals surface area (Å²) in [4.78, 5) is 13.4. The summed E-state index contributed by atoms with van der Waals surface area (Å²) in [6.45, 7) is 5.53. The van der Waals surface area contributed by atoms with Crippen molar-refractivity contribution in [2.45, 2.75) is 20.4 Å². The minimum atomic E-state index is -0.0162. The maximum absolute atomic E-state index is 11.7. The lowest BCUT2D eigenvalue weighted by Crippen LogP contribution is -2.38. The Morgan fingerprint density at radius 2 is 1.94 bits per heavy atom. The molecule has 16 heavy (non-hydrogen) atoms. The highest BCUT2D eigenvalue weighted by Crippen LogP contribution is 2.02. The van der Waals surface area contributed by atoms with Gasteiger partial charge in [0.1, 0.15) is 0 Å². The second kappa shape index (κ2) is 6.16. The van der Waals surface area contributed by atoms with Crippen molar-refractivity contribution in [1.29, 1.82) is 0 Å². The van der Waals surface area contributed by atoms with E-state index in [0.29, 0.717) is 12.5 Å². The molecule has 0 unspecified atom stereocenters. The highest BCUT2D eigenvalue weighted by Gasteiger charge is 2.08. The first-order valence-corrected chi connectivity index (χ1v) is 5.62. The average Bonchev–Trinajstić information content (AvgIpc) is 2.27. The number of nitrogens with zero attached hydrogens (tertiary/aromatic N) is 1. The third-order valence-corrected chi connectivity index (χ3v) is 2.27. The SMILES string of the molecule is CC(C)CNC(=O)N(C)Cc1ccccc1. The van der Waals surface area contributed by atoms with Crippen LogP contribution in [-0.2, 0) is 6.54 Å². The first-order valence-electron chi connectivity index (χ1n) is 5.62. The van der Waals surface area contributed by atoms with E-state index in [-0.39, 0.29) is 6.03 Å². The molecule has 0 saturated carbocycles. The topological polar surface area (TPSA) is 32.3 Å². The number of urea groups is 1. The molecule has 1 rings (SSSR count). The molecule has 1 N–H and O–H groups in total. The number of amides is 2. The summed E-state index contributed by atoms with van der Waals surface area (Å²) in [5.41, 5.74) is 1.14. The Morgan fingerprint density at radius 1 is 1.31 bits per heavy atom. The van der Waals surface area contributed by atoms with Crippen LogP contribution < -0.4 is 5.32 Å². The second-order valence-corrected chi connectivity index (χ2v) is 4.42. The number of benzene rings is 1. The van der Waals surface area contributed by atoms with Crippen LogP contribution in [0.1, 0.15) is 19.4 Å². The Bertz CT molecular complexity index is 322. The Hall–Kier alpha value is -1.51. The summed E-state index contributed by atoms with van der Waals surface area (Å²) in [6, 6.07) is 9.96. The molecule has 0 saturated heterocycles. The van der Waals surface area contributed by atoms with E-state index < -0.39 is 0 Å². The third kappa shape index (κ3) is 4.34. The lowest BCUT2D eigenvalue weighted by atomic mass is 10.2. The van der Waals surface area contributed by atoms with E-state index >= 15 is 0 Å². The average molecular weight is 220 g/mol. The quantitative estimate of drug-likeness (QED) is 0.830. The van der Waals surface area contributed by atoms with Crippen molar-refractivity contribution in [1.82, 2.24) is 10.2 Å². The largest absolute Gasteiger partial charge is 0.338 e. The van der Waals surface area contributed by atoms with Crippen molar-refractivity contribution in [3.05, 3.63) is 35.9 Å². The molecule has 2 amide bonds. The van der Waals surface area contributed by atoms with Gasteiger partial charge in [-0.3, -0.25) is 0 Å². The van der Waals surface area contributed by atoms with Gasteiger partial charge in [-0.05, 0) is 11.5 Å². The van der Waals surface area contributed by atoms with E-state index in [9.17, 15) is 4.79 Å². The smallest absolute Gasteiger partial charge is 0.317 e. The van der Waals surface area contributed by atoms with E-state index in [1.54, 1.807) is 4.90 Å². The zero-order valence-electron chi connectivity index (χ0n) is 10.2. The third-order valence-electron chi connectivity index (χ3n) is 2.27. The standard InChI is InChI=1S/C13H20N2O/c1-11(2)9-14-13(16)15(3)10-12-7-5-4-6-8-12/h4-8,11H,9-10H2,1-3H3,(H,14,16). The molecule has 88 valence electrons. The number of nitrogens with one attached hydrogen (secondary N) is 1. The van der Waals surface area contributed by atoms with Gasteiger partial charge in [0.2, 0.25) is 0 Å². The van der Waals surface area contributed by atoms with Gasteiger partial charge in [-0.2, -0.15) is 0 Å². The molecule has 0 aliphatic carbocycles. The van der Waals surface area contributed by atoms with Crippen LogP contribution in [0.2, 0.25) is 0 Å². The summed E-state index contributed by atoms with van der Waals surface area (Å²) < 4.78 is 0. The van der Waals surface area contributed by atoms with Crippen molar-refractivity contribution in [2.75, 3.05) is 13.6 Å². The van der Waals surface area contributed by atoms with Gasteiger partial charge >= 0.3 is 6.03 Å². The molecule has 0 fully saturated rings. The first-order chi connectivity index (χ1) is 7.59. The van der Waals surface area contributed by atoms with E-state index in [1.165, 1.54) is 0 Å². The number of carbonyl (C=O) groups excluding carboxylic acids is 1. The lowest BCUT2D eigenvalue weighted by Gasteiger charge is -2.18. The van der Waals surface area contributed by atoms with Crippen LogP contribution in [0.5, 0.6) is 0 Å². The fraction of sp³-hybridized carbons (Fsp3) is 0.462. The van der Waals surface area contributed by atoms with Gasteiger partial charge in [-0.25, -0.2) is 4.79 Å². The van der Waals surface area contributed by atoms with Crippen LogP contribution >= 0.6 is 0 Å². The molecule has 3 nitrogen and oxygen atoms in total. The van der Waals surface area contributed by atoms with Crippen molar-refractivity contribution in [3.8, 4) is 0 Å². The Balaban J connectivity index is 2.40. The van der Waals surface area contributed by atoms with Crippen LogP contribution in [-0.4, -0.2) is 24.5 Å². The van der Waals surface area contributed by atoms with Crippen molar-refractivity contribution >= 4 is 6.03 Å². The zero-order chi connectivity index (χ0) is 12.0. The molecule has 1 aromatic rings. The van der Waals surface area contributed by atoms with E-state index in [1.807, 2.05) is 37.4 Å². The van der Waals surface area contributed by atoms with Crippen LogP contribution in [0.15, 0.2) is 30.3 Å². The fourth-order valence-corrected chi connectivity index (χ4v) is 1.36. The molecule has 0 atom stereocenters. The molecular formula is C13H20N2O. The van der Waals surface area contributed by atoms with Crippen LogP contribution in [0, 0.1) is 5.92 Å². The Morgan fingerprint density at radius 3 is 2.50 bits per heavy atom. The molecule has 0 bridgehead atoms. The number of rotatable bonds is 4. The van der Waals surface area contributed by atoms with Gasteiger partial charge in [-0.15, -0.1) is 0 Å². The van der Waals surface area contributed by atoms with Gasteiger partial charge in [0.15, 0.2) is 0 Å². The van der Waals surface area contributed by atoms with E-state index in [0.717, 1.165) is 12.1 Å². The van der Waals surface area contributed by atoms with Gasteiger partial charge in [0.25, 0.3) is 0 Å². The molecular weight excluding hydrogens is 200 g/mol. The molecule has 0 spiro atoms. The fourth-order valence-electron chi connectivity index (χ4n) is 1.36. The summed E-state index contributed by atoms with van der Waals surface area (Å²) in [5.74, 6) is 0.481. The predicted molar refractivity (Wildman–Crippen MR) is 66.1 cm³/mol. The normalized spacial score (nSPS) is 10.2. The second-order valence-electron chi connectivity index (χ2n) is 4.42. The summed E-state index contributed by atoms with van der Waals surface area (Å²) >= 11 is 0. The lowest BCUT2D eigenvalue weighted by molar-refractivity contribution is 0.205. The summed E-state index contributed by atoms with van der Waals surface area (Å²) in [5, 5.41) is 2.89. The van der Waals surface area contributed by atoms with Crippen LogP contribution in [0.4, 0.5) is 4.79 Å². The molecule has 0 aliphatic heterocycles. The van der Waals surface area contributed by atoms with Gasteiger partial charge in [0.05, 0.1) is 0 Å². The molecule has 0 aliphatic rings. The van der Waals surface area contributed by atoms with Crippen LogP contribution in [0.3, 0.4) is 0 Å². The maximum atomic E-state index is 11.7. The zero-order valence-corrected chi connectivity index (χ0v) is 10.2. The maximum Gasteiger partial charge on any atom is 0.317 e. The highest BCUT2D eigenvalue weighted by molar-refractivity contribution is 5.73. The van der Waals surface area contributed by atoms with Gasteiger partial charge in [-0.1, -0.05) is 44.2 Å². The number of hydrogen-bond donors (Lipinski definition) is 1. The van der Waals surface area contributed by atoms with Gasteiger partial charge in [0, 0.05) is 20.1 Å². The Labute approximate surface area is 97.5 Å². The Kier molecular flexibility index (Phi) is 4.83. The highest BCUT2D eigenvalue weighted by atomic mass is 16.2. The molecule has 1 aromatic carbocycles. The minimum absolute atomic E-state index is 0.0162. The molecule has 0 radical (unpaired) electrons. The van der Waals surface area contributed by atoms with Crippen molar-refractivity contribution in [3.63, 3.8) is 0 Å². The summed E-state index contributed by atoms with van der Waals surface area (Å²) in [7, 11) is 1.81. The van der Waals surface area contributed by atoms with Crippen molar-refractivity contribution in [2.24, 2.45) is 5.92 Å². The summed E-state index contributed by atoms with van der Waals surface area (Å²) in [6.07, 6.45) is 0. The molecule has 0 heterocycles. The number of carbonyl (C=O) groups is 1. The van der Waals surface area contributed by atoms with Crippen molar-refractivity contribution < 1.29 is 4.79 Å².